The molecule has 0 saturated heterocycles. The number of carbonyl (C=O) groups excluding carboxylic acids is 1. The molecule has 1 amide bonds. The second-order valence-corrected chi connectivity index (χ2v) is 7.25. The lowest BCUT2D eigenvalue weighted by Crippen LogP contribution is -2.22. The molecule has 0 atom stereocenters. The lowest BCUT2D eigenvalue weighted by Gasteiger charge is -2.09. The van der Waals surface area contributed by atoms with Crippen LogP contribution in [0, 0.1) is 6.92 Å². The average molecular weight is 425 g/mol. The number of carbonyl (C=O) groups is 1. The summed E-state index contributed by atoms with van der Waals surface area (Å²) in [4.78, 5) is 21.5. The maximum atomic E-state index is 12.7. The summed E-state index contributed by atoms with van der Waals surface area (Å²) >= 11 is 0. The van der Waals surface area contributed by atoms with Gasteiger partial charge in [-0.1, -0.05) is 42.0 Å². The van der Waals surface area contributed by atoms with E-state index in [1.165, 1.54) is 0 Å². The van der Waals surface area contributed by atoms with Gasteiger partial charge in [-0.2, -0.15) is 4.98 Å². The van der Waals surface area contributed by atoms with Gasteiger partial charge in [-0.05, 0) is 48.9 Å². The summed E-state index contributed by atoms with van der Waals surface area (Å²) in [6.07, 6.45) is 1.63. The Bertz CT molecular complexity index is 1220. The van der Waals surface area contributed by atoms with Crippen LogP contribution in [0.25, 0.3) is 11.4 Å². The standard InChI is InChI=1S/C26H23N3O3/c1-18-5-3-6-19(15-18)17-28-26(30)21-8-4-7-20(16-21)25-27-14-13-24(29-25)32-23-11-9-22(31-2)10-12-23/h3-16H,17H2,1-2H3,(H,28,30). The van der Waals surface area contributed by atoms with Gasteiger partial charge in [0.05, 0.1) is 7.11 Å². The zero-order chi connectivity index (χ0) is 22.3. The van der Waals surface area contributed by atoms with E-state index in [1.54, 1.807) is 43.6 Å². The number of methoxy groups -OCH3 is 1. The molecule has 0 saturated carbocycles. The Kier molecular flexibility index (Phi) is 6.41. The van der Waals surface area contributed by atoms with Crippen LogP contribution in [0.3, 0.4) is 0 Å². The number of rotatable bonds is 7. The van der Waals surface area contributed by atoms with Crippen LogP contribution in [0.15, 0.2) is 85.1 Å². The van der Waals surface area contributed by atoms with Gasteiger partial charge in [-0.3, -0.25) is 4.79 Å². The molecule has 0 fully saturated rings. The molecule has 4 rings (SSSR count). The number of benzene rings is 3. The van der Waals surface area contributed by atoms with Crippen molar-refractivity contribution in [3.8, 4) is 28.8 Å². The van der Waals surface area contributed by atoms with E-state index in [0.717, 1.165) is 22.4 Å². The Hall–Kier alpha value is -4.19. The van der Waals surface area contributed by atoms with Crippen LogP contribution in [0.5, 0.6) is 17.4 Å². The van der Waals surface area contributed by atoms with E-state index in [4.69, 9.17) is 9.47 Å². The first-order chi connectivity index (χ1) is 15.6. The van der Waals surface area contributed by atoms with Crippen molar-refractivity contribution in [3.63, 3.8) is 0 Å². The molecule has 1 heterocycles. The van der Waals surface area contributed by atoms with Crippen LogP contribution in [0.2, 0.25) is 0 Å². The number of aromatic nitrogens is 2. The van der Waals surface area contributed by atoms with Crippen LogP contribution in [-0.4, -0.2) is 23.0 Å². The van der Waals surface area contributed by atoms with E-state index in [0.29, 0.717) is 29.6 Å². The van der Waals surface area contributed by atoms with Crippen molar-refractivity contribution in [1.29, 1.82) is 0 Å². The Morgan fingerprint density at radius 3 is 2.50 bits per heavy atom. The number of amides is 1. The van der Waals surface area contributed by atoms with Crippen LogP contribution in [0.1, 0.15) is 21.5 Å². The number of hydrogen-bond acceptors (Lipinski definition) is 5. The largest absolute Gasteiger partial charge is 0.497 e. The second-order valence-electron chi connectivity index (χ2n) is 7.25. The van der Waals surface area contributed by atoms with Crippen molar-refractivity contribution < 1.29 is 14.3 Å². The highest BCUT2D eigenvalue weighted by molar-refractivity contribution is 5.95. The summed E-state index contributed by atoms with van der Waals surface area (Å²) < 4.78 is 11.0. The summed E-state index contributed by atoms with van der Waals surface area (Å²) in [5.41, 5.74) is 3.49. The number of nitrogens with one attached hydrogen (secondary N) is 1. The summed E-state index contributed by atoms with van der Waals surface area (Å²) in [6.45, 7) is 2.49. The zero-order valence-electron chi connectivity index (χ0n) is 17.9. The Labute approximate surface area is 186 Å². The van der Waals surface area contributed by atoms with E-state index in [2.05, 4.69) is 21.4 Å². The minimum Gasteiger partial charge on any atom is -0.497 e. The van der Waals surface area contributed by atoms with Crippen molar-refractivity contribution in [2.24, 2.45) is 0 Å². The molecule has 0 aliphatic heterocycles. The molecular formula is C26H23N3O3. The van der Waals surface area contributed by atoms with Gasteiger partial charge in [0.15, 0.2) is 5.82 Å². The lowest BCUT2D eigenvalue weighted by molar-refractivity contribution is 0.0951. The third-order valence-electron chi connectivity index (χ3n) is 4.83. The first-order valence-corrected chi connectivity index (χ1v) is 10.2. The van der Waals surface area contributed by atoms with Crippen LogP contribution in [-0.2, 0) is 6.54 Å². The smallest absolute Gasteiger partial charge is 0.251 e. The topological polar surface area (TPSA) is 73.3 Å². The fourth-order valence-corrected chi connectivity index (χ4v) is 3.21. The summed E-state index contributed by atoms with van der Waals surface area (Å²) in [5, 5.41) is 2.96. The van der Waals surface area contributed by atoms with Crippen molar-refractivity contribution in [3.05, 3.63) is 102 Å². The van der Waals surface area contributed by atoms with Crippen LogP contribution in [0.4, 0.5) is 0 Å². The molecule has 0 aliphatic carbocycles. The first kappa shape index (κ1) is 21.1. The molecule has 0 radical (unpaired) electrons. The molecule has 0 unspecified atom stereocenters. The highest BCUT2D eigenvalue weighted by Crippen LogP contribution is 2.24. The predicted molar refractivity (Wildman–Crippen MR) is 123 cm³/mol. The fraction of sp³-hybridized carbons (Fsp3) is 0.115. The molecule has 0 spiro atoms. The number of nitrogens with zero attached hydrogens (tertiary/aromatic N) is 2. The van der Waals surface area contributed by atoms with E-state index >= 15 is 0 Å². The molecule has 6 heteroatoms. The van der Waals surface area contributed by atoms with Gasteiger partial charge in [0.1, 0.15) is 11.5 Å². The number of aryl methyl sites for hydroxylation is 1. The zero-order valence-corrected chi connectivity index (χ0v) is 17.9. The minimum absolute atomic E-state index is 0.154. The Morgan fingerprint density at radius 1 is 0.938 bits per heavy atom. The quantitative estimate of drug-likeness (QED) is 0.441. The summed E-state index contributed by atoms with van der Waals surface area (Å²) in [6, 6.07) is 24.2. The van der Waals surface area contributed by atoms with Crippen molar-refractivity contribution in [2.45, 2.75) is 13.5 Å². The lowest BCUT2D eigenvalue weighted by atomic mass is 10.1. The van der Waals surface area contributed by atoms with E-state index in [-0.39, 0.29) is 5.91 Å². The SMILES string of the molecule is COc1ccc(Oc2ccnc(-c3cccc(C(=O)NCc4cccc(C)c4)c3)n2)cc1. The van der Waals surface area contributed by atoms with Gasteiger partial charge in [0.2, 0.25) is 5.88 Å². The minimum atomic E-state index is -0.154. The summed E-state index contributed by atoms with van der Waals surface area (Å²) in [7, 11) is 1.61. The molecule has 6 nitrogen and oxygen atoms in total. The second kappa shape index (κ2) is 9.75. The Morgan fingerprint density at radius 2 is 1.72 bits per heavy atom. The Balaban J connectivity index is 1.47. The monoisotopic (exact) mass is 425 g/mol. The van der Waals surface area contributed by atoms with Crippen LogP contribution < -0.4 is 14.8 Å². The molecule has 3 aromatic carbocycles. The number of hydrogen-bond donors (Lipinski definition) is 1. The van der Waals surface area contributed by atoms with Crippen molar-refractivity contribution >= 4 is 5.91 Å². The third kappa shape index (κ3) is 5.29. The molecule has 32 heavy (non-hydrogen) atoms. The predicted octanol–water partition coefficient (Wildman–Crippen LogP) is 5.18. The maximum Gasteiger partial charge on any atom is 0.251 e. The highest BCUT2D eigenvalue weighted by atomic mass is 16.5. The van der Waals surface area contributed by atoms with Crippen molar-refractivity contribution in [2.75, 3.05) is 7.11 Å². The molecule has 1 aromatic heterocycles. The average Bonchev–Trinajstić information content (AvgIpc) is 2.83. The third-order valence-corrected chi connectivity index (χ3v) is 4.83. The molecule has 4 aromatic rings. The molecule has 0 bridgehead atoms. The highest BCUT2D eigenvalue weighted by Gasteiger charge is 2.10. The van der Waals surface area contributed by atoms with E-state index < -0.39 is 0 Å². The molecule has 1 N–H and O–H groups in total. The summed E-state index contributed by atoms with van der Waals surface area (Å²) in [5.74, 6) is 2.12. The van der Waals surface area contributed by atoms with Crippen LogP contribution >= 0.6 is 0 Å². The van der Waals surface area contributed by atoms with Gasteiger partial charge in [0, 0.05) is 29.9 Å². The number of ether oxygens (including phenoxy) is 2. The molecule has 160 valence electrons. The molecule has 0 aliphatic rings. The van der Waals surface area contributed by atoms with Gasteiger partial charge in [-0.25, -0.2) is 4.98 Å². The maximum absolute atomic E-state index is 12.7. The van der Waals surface area contributed by atoms with E-state index in [9.17, 15) is 4.79 Å². The van der Waals surface area contributed by atoms with E-state index in [1.807, 2.05) is 49.4 Å². The fourth-order valence-electron chi connectivity index (χ4n) is 3.21. The first-order valence-electron chi connectivity index (χ1n) is 10.2. The molecular weight excluding hydrogens is 402 g/mol. The van der Waals surface area contributed by atoms with Gasteiger partial charge in [-0.15, -0.1) is 0 Å². The van der Waals surface area contributed by atoms with Gasteiger partial charge < -0.3 is 14.8 Å². The van der Waals surface area contributed by atoms with Gasteiger partial charge in [0.25, 0.3) is 5.91 Å². The normalized spacial score (nSPS) is 10.4. The van der Waals surface area contributed by atoms with Crippen molar-refractivity contribution in [1.82, 2.24) is 15.3 Å². The van der Waals surface area contributed by atoms with Gasteiger partial charge >= 0.3 is 0 Å².